The molecule has 0 saturated carbocycles. The summed E-state index contributed by atoms with van der Waals surface area (Å²) >= 11 is 0. The molecule has 1 aliphatic rings. The molecule has 1 unspecified atom stereocenters. The number of amides is 1. The van der Waals surface area contributed by atoms with Gasteiger partial charge in [0.05, 0.1) is 13.2 Å². The van der Waals surface area contributed by atoms with Gasteiger partial charge in [-0.2, -0.15) is 0 Å². The number of hydrogen-bond donors (Lipinski definition) is 1. The Morgan fingerprint density at radius 1 is 1.45 bits per heavy atom. The van der Waals surface area contributed by atoms with E-state index in [1.165, 1.54) is 12.1 Å². The fourth-order valence-corrected chi connectivity index (χ4v) is 2.29. The highest BCUT2D eigenvalue weighted by atomic mass is 19.1. The van der Waals surface area contributed by atoms with Gasteiger partial charge >= 0.3 is 0 Å². The van der Waals surface area contributed by atoms with Gasteiger partial charge in [0.2, 0.25) is 0 Å². The van der Waals surface area contributed by atoms with Gasteiger partial charge in [0, 0.05) is 31.7 Å². The first-order chi connectivity index (χ1) is 9.65. The standard InChI is InChI=1S/C15H21FN2O2/c1-12(11-18-5-7-20-8-6-18)10-17-15(19)13-3-2-4-14(16)9-13/h2-4,9,12H,5-8,10-11H2,1H3,(H,17,19). The zero-order chi connectivity index (χ0) is 14.4. The van der Waals surface area contributed by atoms with Crippen molar-refractivity contribution in [2.45, 2.75) is 6.92 Å². The zero-order valence-electron chi connectivity index (χ0n) is 11.8. The summed E-state index contributed by atoms with van der Waals surface area (Å²) in [5, 5.41) is 2.85. The highest BCUT2D eigenvalue weighted by molar-refractivity contribution is 5.94. The molecule has 1 aromatic carbocycles. The number of hydrogen-bond acceptors (Lipinski definition) is 3. The van der Waals surface area contributed by atoms with Crippen molar-refractivity contribution in [1.29, 1.82) is 0 Å². The Bertz CT molecular complexity index is 447. The molecule has 1 N–H and O–H groups in total. The highest BCUT2D eigenvalue weighted by Gasteiger charge is 2.14. The number of ether oxygens (including phenoxy) is 1. The third-order valence-electron chi connectivity index (χ3n) is 3.37. The van der Waals surface area contributed by atoms with Crippen LogP contribution >= 0.6 is 0 Å². The van der Waals surface area contributed by atoms with Crippen molar-refractivity contribution in [3.8, 4) is 0 Å². The summed E-state index contributed by atoms with van der Waals surface area (Å²) < 4.78 is 18.3. The summed E-state index contributed by atoms with van der Waals surface area (Å²) in [5.74, 6) is -0.261. The molecular formula is C15H21FN2O2. The molecule has 1 aliphatic heterocycles. The number of halogens is 1. The van der Waals surface area contributed by atoms with Crippen molar-refractivity contribution >= 4 is 5.91 Å². The normalized spacial score (nSPS) is 17.7. The molecule has 4 nitrogen and oxygen atoms in total. The zero-order valence-corrected chi connectivity index (χ0v) is 11.8. The van der Waals surface area contributed by atoms with Crippen LogP contribution in [0.3, 0.4) is 0 Å². The van der Waals surface area contributed by atoms with Gasteiger partial charge in [-0.1, -0.05) is 13.0 Å². The third-order valence-corrected chi connectivity index (χ3v) is 3.37. The minimum atomic E-state index is -0.390. The van der Waals surface area contributed by atoms with E-state index in [0.29, 0.717) is 18.0 Å². The van der Waals surface area contributed by atoms with Crippen LogP contribution in [0.5, 0.6) is 0 Å². The Labute approximate surface area is 118 Å². The van der Waals surface area contributed by atoms with E-state index in [1.54, 1.807) is 12.1 Å². The van der Waals surface area contributed by atoms with Gasteiger partial charge in [0.25, 0.3) is 5.91 Å². The largest absolute Gasteiger partial charge is 0.379 e. The molecule has 20 heavy (non-hydrogen) atoms. The SMILES string of the molecule is CC(CNC(=O)c1cccc(F)c1)CN1CCOCC1. The van der Waals surface area contributed by atoms with E-state index in [4.69, 9.17) is 4.74 Å². The second-order valence-electron chi connectivity index (χ2n) is 5.24. The molecule has 0 aliphatic carbocycles. The van der Waals surface area contributed by atoms with Gasteiger partial charge < -0.3 is 10.1 Å². The molecule has 5 heteroatoms. The molecule has 0 radical (unpaired) electrons. The number of morpholine rings is 1. The third kappa shape index (κ3) is 4.58. The monoisotopic (exact) mass is 280 g/mol. The molecule has 0 bridgehead atoms. The highest BCUT2D eigenvalue weighted by Crippen LogP contribution is 2.05. The van der Waals surface area contributed by atoms with Gasteiger partial charge in [-0.05, 0) is 24.1 Å². The minimum Gasteiger partial charge on any atom is -0.379 e. The van der Waals surface area contributed by atoms with E-state index < -0.39 is 0 Å². The molecule has 1 fully saturated rings. The van der Waals surface area contributed by atoms with Gasteiger partial charge in [0.1, 0.15) is 5.82 Å². The molecule has 110 valence electrons. The summed E-state index contributed by atoms with van der Waals surface area (Å²) in [4.78, 5) is 14.2. The van der Waals surface area contributed by atoms with E-state index in [-0.39, 0.29) is 11.7 Å². The number of rotatable bonds is 5. The molecule has 1 atom stereocenters. The number of benzene rings is 1. The predicted molar refractivity (Wildman–Crippen MR) is 75.2 cm³/mol. The van der Waals surface area contributed by atoms with Crippen LogP contribution in [0.1, 0.15) is 17.3 Å². The first-order valence-electron chi connectivity index (χ1n) is 6.99. The van der Waals surface area contributed by atoms with Gasteiger partial charge in [-0.15, -0.1) is 0 Å². The first kappa shape index (κ1) is 14.9. The average Bonchev–Trinajstić information content (AvgIpc) is 2.46. The quantitative estimate of drug-likeness (QED) is 0.889. The van der Waals surface area contributed by atoms with Crippen molar-refractivity contribution in [2.75, 3.05) is 39.4 Å². The summed E-state index contributed by atoms with van der Waals surface area (Å²) in [6.45, 7) is 7.08. The molecule has 1 heterocycles. The lowest BCUT2D eigenvalue weighted by Gasteiger charge is -2.29. The fourth-order valence-electron chi connectivity index (χ4n) is 2.29. The maximum atomic E-state index is 13.0. The topological polar surface area (TPSA) is 41.6 Å². The van der Waals surface area contributed by atoms with Gasteiger partial charge in [-0.3, -0.25) is 9.69 Å². The van der Waals surface area contributed by atoms with Crippen LogP contribution in [0.15, 0.2) is 24.3 Å². The molecule has 1 amide bonds. The Morgan fingerprint density at radius 3 is 2.90 bits per heavy atom. The molecular weight excluding hydrogens is 259 g/mol. The second kappa shape index (κ2) is 7.36. The van der Waals surface area contributed by atoms with Gasteiger partial charge in [0.15, 0.2) is 0 Å². The maximum absolute atomic E-state index is 13.0. The van der Waals surface area contributed by atoms with Crippen LogP contribution in [0, 0.1) is 11.7 Å². The minimum absolute atomic E-state index is 0.224. The molecule has 1 saturated heterocycles. The lowest BCUT2D eigenvalue weighted by molar-refractivity contribution is 0.0317. The fraction of sp³-hybridized carbons (Fsp3) is 0.533. The van der Waals surface area contributed by atoms with Crippen LogP contribution in [-0.4, -0.2) is 50.2 Å². The van der Waals surface area contributed by atoms with Crippen molar-refractivity contribution in [3.63, 3.8) is 0 Å². The predicted octanol–water partition coefficient (Wildman–Crippen LogP) is 1.52. The Hall–Kier alpha value is -1.46. The smallest absolute Gasteiger partial charge is 0.251 e. The number of nitrogens with zero attached hydrogens (tertiary/aromatic N) is 1. The van der Waals surface area contributed by atoms with Crippen molar-refractivity contribution < 1.29 is 13.9 Å². The van der Waals surface area contributed by atoms with E-state index in [9.17, 15) is 9.18 Å². The molecule has 0 aromatic heterocycles. The van der Waals surface area contributed by atoms with Crippen molar-refractivity contribution in [3.05, 3.63) is 35.6 Å². The lowest BCUT2D eigenvalue weighted by Crippen LogP contribution is -2.41. The van der Waals surface area contributed by atoms with Crippen LogP contribution in [-0.2, 0) is 4.74 Å². The summed E-state index contributed by atoms with van der Waals surface area (Å²) in [6.07, 6.45) is 0. The van der Waals surface area contributed by atoms with E-state index in [1.807, 2.05) is 0 Å². The van der Waals surface area contributed by atoms with E-state index in [0.717, 1.165) is 32.8 Å². The number of carbonyl (C=O) groups excluding carboxylic acids is 1. The van der Waals surface area contributed by atoms with E-state index in [2.05, 4.69) is 17.1 Å². The number of carbonyl (C=O) groups is 1. The van der Waals surface area contributed by atoms with E-state index >= 15 is 0 Å². The summed E-state index contributed by atoms with van der Waals surface area (Å²) in [5.41, 5.74) is 0.364. The first-order valence-corrected chi connectivity index (χ1v) is 6.99. The van der Waals surface area contributed by atoms with Crippen molar-refractivity contribution in [1.82, 2.24) is 10.2 Å². The Morgan fingerprint density at radius 2 is 2.20 bits per heavy atom. The average molecular weight is 280 g/mol. The second-order valence-corrected chi connectivity index (χ2v) is 5.24. The Kier molecular flexibility index (Phi) is 5.49. The van der Waals surface area contributed by atoms with Crippen LogP contribution < -0.4 is 5.32 Å². The Balaban J connectivity index is 1.75. The van der Waals surface area contributed by atoms with Crippen LogP contribution in [0.25, 0.3) is 0 Å². The van der Waals surface area contributed by atoms with Crippen LogP contribution in [0.4, 0.5) is 4.39 Å². The molecule has 2 rings (SSSR count). The van der Waals surface area contributed by atoms with Crippen LogP contribution in [0.2, 0.25) is 0 Å². The number of nitrogens with one attached hydrogen (secondary N) is 1. The van der Waals surface area contributed by atoms with Crippen molar-refractivity contribution in [2.24, 2.45) is 5.92 Å². The van der Waals surface area contributed by atoms with Gasteiger partial charge in [-0.25, -0.2) is 4.39 Å². The maximum Gasteiger partial charge on any atom is 0.251 e. The molecule has 1 aromatic rings. The summed E-state index contributed by atoms with van der Waals surface area (Å²) in [6, 6.07) is 5.74. The lowest BCUT2D eigenvalue weighted by atomic mass is 10.1. The summed E-state index contributed by atoms with van der Waals surface area (Å²) in [7, 11) is 0. The molecule has 0 spiro atoms.